The molecule has 0 aromatic heterocycles. The lowest BCUT2D eigenvalue weighted by Crippen LogP contribution is -2.59. The van der Waals surface area contributed by atoms with Crippen molar-refractivity contribution < 1.29 is 39.0 Å². The molecule has 1 heterocycles. The molecule has 0 bridgehead atoms. The van der Waals surface area contributed by atoms with Crippen LogP contribution in [0, 0.1) is 11.8 Å². The Morgan fingerprint density at radius 1 is 0.868 bits per heavy atom. The van der Waals surface area contributed by atoms with E-state index in [0.717, 1.165) is 13.0 Å². The Kier molecular flexibility index (Phi) is 13.7. The monoisotopic (exact) mass is 541 g/mol. The molecule has 4 amide bonds. The molecule has 13 heteroatoms. The van der Waals surface area contributed by atoms with Crippen LogP contribution in [0.4, 0.5) is 0 Å². The van der Waals surface area contributed by atoms with Crippen LogP contribution >= 0.6 is 0 Å². The van der Waals surface area contributed by atoms with E-state index >= 15 is 0 Å². The third-order valence-electron chi connectivity index (χ3n) is 6.52. The van der Waals surface area contributed by atoms with Crippen molar-refractivity contribution in [2.45, 2.75) is 103 Å². The second-order valence-corrected chi connectivity index (χ2v) is 10.3. The van der Waals surface area contributed by atoms with Crippen molar-refractivity contribution in [3.05, 3.63) is 0 Å². The smallest absolute Gasteiger partial charge is 0.325 e. The standard InChI is InChI=1S/C25H43N5O8/c1-6-14(4)20(30-21(33)16-8-7-11-26-16)24(36)29-18(12-13(2)3)23(35)28-17(9-10-19(31)32)22(34)27-15(5)25(37)38/h13-18,20,26H,6-12H2,1-5H3,(H,27,34)(H,28,35)(H,29,36)(H,30,33)(H,31,32)(H,37,38)/t14-,15-,16-,17-,18-,20-/m0/s1. The molecule has 216 valence electrons. The summed E-state index contributed by atoms with van der Waals surface area (Å²) in [5.74, 6) is -5.15. The normalized spacial score (nSPS) is 18.9. The molecule has 0 saturated carbocycles. The summed E-state index contributed by atoms with van der Waals surface area (Å²) in [6.45, 7) is 9.34. The number of aliphatic carboxylic acids is 2. The van der Waals surface area contributed by atoms with Crippen LogP contribution in [0.15, 0.2) is 0 Å². The number of hydrogen-bond donors (Lipinski definition) is 7. The fraction of sp³-hybridized carbons (Fsp3) is 0.760. The van der Waals surface area contributed by atoms with E-state index in [0.29, 0.717) is 12.8 Å². The molecule has 0 aliphatic carbocycles. The van der Waals surface area contributed by atoms with Crippen molar-refractivity contribution >= 4 is 35.6 Å². The van der Waals surface area contributed by atoms with Gasteiger partial charge >= 0.3 is 11.9 Å². The lowest BCUT2D eigenvalue weighted by atomic mass is 9.96. The second-order valence-electron chi connectivity index (χ2n) is 10.3. The number of nitrogens with one attached hydrogen (secondary N) is 5. The summed E-state index contributed by atoms with van der Waals surface area (Å²) in [6, 6.07) is -4.93. The molecule has 7 N–H and O–H groups in total. The first kappa shape index (κ1) is 32.8. The summed E-state index contributed by atoms with van der Waals surface area (Å²) < 4.78 is 0. The van der Waals surface area contributed by atoms with Crippen molar-refractivity contribution in [2.24, 2.45) is 11.8 Å². The molecule has 1 aliphatic rings. The topological polar surface area (TPSA) is 203 Å². The van der Waals surface area contributed by atoms with Gasteiger partial charge in [0.05, 0.1) is 6.04 Å². The SMILES string of the molecule is CC[C@H](C)[C@H](NC(=O)[C@@H]1CCCN1)C(=O)N[C@@H](CC(C)C)C(=O)N[C@@H](CCC(=O)O)C(=O)N[C@@H](C)C(=O)O. The highest BCUT2D eigenvalue weighted by molar-refractivity contribution is 5.95. The Morgan fingerprint density at radius 2 is 1.47 bits per heavy atom. The number of carbonyl (C=O) groups excluding carboxylic acids is 4. The van der Waals surface area contributed by atoms with Crippen molar-refractivity contribution in [3.63, 3.8) is 0 Å². The van der Waals surface area contributed by atoms with Gasteiger partial charge in [-0.3, -0.25) is 28.8 Å². The molecule has 0 radical (unpaired) electrons. The second kappa shape index (κ2) is 15.9. The predicted octanol–water partition coefficient (Wildman–Crippen LogP) is -0.261. The number of carboxylic acids is 2. The summed E-state index contributed by atoms with van der Waals surface area (Å²) in [6.07, 6.45) is 1.61. The summed E-state index contributed by atoms with van der Waals surface area (Å²) in [5, 5.41) is 31.4. The van der Waals surface area contributed by atoms with Gasteiger partial charge in [-0.05, 0) is 51.0 Å². The number of carboxylic acid groups (broad SMARTS) is 2. The minimum Gasteiger partial charge on any atom is -0.481 e. The van der Waals surface area contributed by atoms with Crippen LogP contribution in [0.2, 0.25) is 0 Å². The molecule has 1 rings (SSSR count). The minimum atomic E-state index is -1.33. The molecular formula is C25H43N5O8. The fourth-order valence-electron chi connectivity index (χ4n) is 4.01. The Bertz CT molecular complexity index is 859. The maximum atomic E-state index is 13.3. The number of hydrogen-bond acceptors (Lipinski definition) is 7. The van der Waals surface area contributed by atoms with Crippen LogP contribution in [0.25, 0.3) is 0 Å². The van der Waals surface area contributed by atoms with Gasteiger partial charge < -0.3 is 36.8 Å². The lowest BCUT2D eigenvalue weighted by Gasteiger charge is -2.29. The molecule has 1 fully saturated rings. The van der Waals surface area contributed by atoms with Gasteiger partial charge in [-0.1, -0.05) is 34.1 Å². The zero-order valence-electron chi connectivity index (χ0n) is 22.8. The minimum absolute atomic E-state index is 0.0382. The van der Waals surface area contributed by atoms with E-state index in [2.05, 4.69) is 26.6 Å². The van der Waals surface area contributed by atoms with Crippen molar-refractivity contribution in [1.29, 1.82) is 0 Å². The Balaban J connectivity index is 3.05. The molecule has 0 aromatic rings. The highest BCUT2D eigenvalue weighted by Gasteiger charge is 2.34. The third kappa shape index (κ3) is 11.0. The Labute approximate surface area is 223 Å². The van der Waals surface area contributed by atoms with Crippen molar-refractivity contribution in [2.75, 3.05) is 6.54 Å². The van der Waals surface area contributed by atoms with E-state index < -0.39 is 60.2 Å². The molecule has 6 atom stereocenters. The summed E-state index contributed by atoms with van der Waals surface area (Å²) >= 11 is 0. The number of carbonyl (C=O) groups is 6. The van der Waals surface area contributed by atoms with Gasteiger partial charge in [-0.25, -0.2) is 0 Å². The zero-order valence-corrected chi connectivity index (χ0v) is 22.8. The van der Waals surface area contributed by atoms with Gasteiger partial charge in [0, 0.05) is 6.42 Å². The summed E-state index contributed by atoms with van der Waals surface area (Å²) in [7, 11) is 0. The highest BCUT2D eigenvalue weighted by atomic mass is 16.4. The molecule has 1 saturated heterocycles. The molecule has 0 unspecified atom stereocenters. The molecule has 1 aliphatic heterocycles. The van der Waals surface area contributed by atoms with E-state index in [1.807, 2.05) is 27.7 Å². The third-order valence-corrected chi connectivity index (χ3v) is 6.52. The lowest BCUT2D eigenvalue weighted by molar-refractivity contribution is -0.142. The van der Waals surface area contributed by atoms with Crippen LogP contribution in [-0.4, -0.2) is 82.5 Å². The van der Waals surface area contributed by atoms with Gasteiger partial charge in [0.15, 0.2) is 0 Å². The zero-order chi connectivity index (χ0) is 29.0. The van der Waals surface area contributed by atoms with Crippen LogP contribution in [0.1, 0.15) is 73.1 Å². The first-order valence-corrected chi connectivity index (χ1v) is 13.2. The first-order valence-electron chi connectivity index (χ1n) is 13.2. The highest BCUT2D eigenvalue weighted by Crippen LogP contribution is 2.13. The predicted molar refractivity (Wildman–Crippen MR) is 138 cm³/mol. The largest absolute Gasteiger partial charge is 0.481 e. The molecule has 13 nitrogen and oxygen atoms in total. The van der Waals surface area contributed by atoms with E-state index in [4.69, 9.17) is 10.2 Å². The fourth-order valence-corrected chi connectivity index (χ4v) is 4.01. The Hall–Kier alpha value is -3.22. The summed E-state index contributed by atoms with van der Waals surface area (Å²) in [5.41, 5.74) is 0. The maximum Gasteiger partial charge on any atom is 0.325 e. The van der Waals surface area contributed by atoms with Crippen LogP contribution < -0.4 is 26.6 Å². The van der Waals surface area contributed by atoms with E-state index in [-0.39, 0.29) is 36.6 Å². The van der Waals surface area contributed by atoms with Crippen LogP contribution in [-0.2, 0) is 28.8 Å². The molecule has 38 heavy (non-hydrogen) atoms. The van der Waals surface area contributed by atoms with Gasteiger partial charge in [0.2, 0.25) is 23.6 Å². The maximum absolute atomic E-state index is 13.3. The molecule has 0 aromatic carbocycles. The quantitative estimate of drug-likeness (QED) is 0.137. The van der Waals surface area contributed by atoms with Crippen LogP contribution in [0.3, 0.4) is 0 Å². The van der Waals surface area contributed by atoms with Gasteiger partial charge in [-0.2, -0.15) is 0 Å². The first-order chi connectivity index (χ1) is 17.8. The van der Waals surface area contributed by atoms with Gasteiger partial charge in [-0.15, -0.1) is 0 Å². The molecular weight excluding hydrogens is 498 g/mol. The average Bonchev–Trinajstić information content (AvgIpc) is 3.38. The number of rotatable bonds is 16. The number of amides is 4. The van der Waals surface area contributed by atoms with E-state index in [1.54, 1.807) is 0 Å². The molecule has 0 spiro atoms. The Morgan fingerprint density at radius 3 is 1.97 bits per heavy atom. The van der Waals surface area contributed by atoms with Gasteiger partial charge in [0.25, 0.3) is 0 Å². The average molecular weight is 542 g/mol. The van der Waals surface area contributed by atoms with E-state index in [9.17, 15) is 28.8 Å². The van der Waals surface area contributed by atoms with E-state index in [1.165, 1.54) is 6.92 Å². The van der Waals surface area contributed by atoms with Crippen molar-refractivity contribution in [3.8, 4) is 0 Å². The summed E-state index contributed by atoms with van der Waals surface area (Å²) in [4.78, 5) is 74.1. The van der Waals surface area contributed by atoms with Gasteiger partial charge in [0.1, 0.15) is 24.2 Å². The van der Waals surface area contributed by atoms with Crippen molar-refractivity contribution in [1.82, 2.24) is 26.6 Å². The van der Waals surface area contributed by atoms with Crippen LogP contribution in [0.5, 0.6) is 0 Å².